The number of benzene rings is 3. The number of hydrogen-bond acceptors (Lipinski definition) is 5. The van der Waals surface area contributed by atoms with E-state index in [1.165, 1.54) is 37.8 Å². The number of ketones is 1. The molecule has 0 aliphatic carbocycles. The molecule has 0 aliphatic rings. The van der Waals surface area contributed by atoms with Crippen LogP contribution in [0.5, 0.6) is 17.2 Å². The normalized spacial score (nSPS) is 11.1. The molecule has 192 valence electrons. The molecule has 0 saturated carbocycles. The number of allylic oxidation sites excluding steroid dienone is 1. The Labute approximate surface area is 219 Å². The zero-order valence-electron chi connectivity index (χ0n) is 21.5. The van der Waals surface area contributed by atoms with E-state index < -0.39 is 5.97 Å². The molecule has 0 unspecified atom stereocenters. The van der Waals surface area contributed by atoms with Crippen LogP contribution in [-0.2, 0) is 4.79 Å². The second-order valence-corrected chi connectivity index (χ2v) is 8.58. The van der Waals surface area contributed by atoms with Crippen LogP contribution in [0.25, 0.3) is 12.2 Å². The van der Waals surface area contributed by atoms with Crippen molar-refractivity contribution in [2.45, 2.75) is 39.0 Å². The third kappa shape index (κ3) is 9.80. The van der Waals surface area contributed by atoms with E-state index in [4.69, 9.17) is 14.2 Å². The Bertz CT molecular complexity index is 1170. The summed E-state index contributed by atoms with van der Waals surface area (Å²) in [5.41, 5.74) is 2.27. The minimum Gasteiger partial charge on any atom is -0.497 e. The fourth-order valence-corrected chi connectivity index (χ4v) is 3.56. The zero-order chi connectivity index (χ0) is 26.3. The lowest BCUT2D eigenvalue weighted by Gasteiger charge is -2.06. The van der Waals surface area contributed by atoms with Crippen LogP contribution < -0.4 is 14.2 Å². The van der Waals surface area contributed by atoms with Crippen LogP contribution in [0.15, 0.2) is 84.9 Å². The Morgan fingerprint density at radius 3 is 1.86 bits per heavy atom. The summed E-state index contributed by atoms with van der Waals surface area (Å²) in [5, 5.41) is 0. The van der Waals surface area contributed by atoms with E-state index in [9.17, 15) is 9.59 Å². The predicted octanol–water partition coefficient (Wildman–Crippen LogP) is 7.56. The zero-order valence-corrected chi connectivity index (χ0v) is 21.5. The molecule has 0 aliphatic heterocycles. The average Bonchev–Trinajstić information content (AvgIpc) is 2.94. The van der Waals surface area contributed by atoms with Gasteiger partial charge in [0.1, 0.15) is 17.2 Å². The van der Waals surface area contributed by atoms with Crippen LogP contribution in [0.1, 0.15) is 60.5 Å². The lowest BCUT2D eigenvalue weighted by atomic mass is 10.1. The van der Waals surface area contributed by atoms with E-state index >= 15 is 0 Å². The molecule has 5 heteroatoms. The molecule has 0 bridgehead atoms. The van der Waals surface area contributed by atoms with Crippen molar-refractivity contribution in [2.24, 2.45) is 0 Å². The lowest BCUT2D eigenvalue weighted by molar-refractivity contribution is -0.128. The van der Waals surface area contributed by atoms with Crippen molar-refractivity contribution in [2.75, 3.05) is 13.7 Å². The minimum absolute atomic E-state index is 0.141. The second-order valence-electron chi connectivity index (χ2n) is 8.58. The van der Waals surface area contributed by atoms with Crippen LogP contribution >= 0.6 is 0 Å². The number of ether oxygens (including phenoxy) is 3. The van der Waals surface area contributed by atoms with Gasteiger partial charge in [-0.2, -0.15) is 0 Å². The Morgan fingerprint density at radius 1 is 0.676 bits per heavy atom. The van der Waals surface area contributed by atoms with Crippen LogP contribution in [0, 0.1) is 0 Å². The van der Waals surface area contributed by atoms with E-state index in [0.29, 0.717) is 17.9 Å². The molecule has 0 radical (unpaired) electrons. The van der Waals surface area contributed by atoms with Crippen molar-refractivity contribution in [3.8, 4) is 17.2 Å². The molecule has 0 heterocycles. The summed E-state index contributed by atoms with van der Waals surface area (Å²) < 4.78 is 16.2. The first-order valence-electron chi connectivity index (χ1n) is 12.7. The summed E-state index contributed by atoms with van der Waals surface area (Å²) in [6.45, 7) is 2.92. The highest BCUT2D eigenvalue weighted by molar-refractivity contribution is 6.06. The van der Waals surface area contributed by atoms with Crippen LogP contribution in [-0.4, -0.2) is 25.5 Å². The Morgan fingerprint density at radius 2 is 1.24 bits per heavy atom. The summed E-state index contributed by atoms with van der Waals surface area (Å²) in [6, 6.07) is 21.5. The molecule has 0 aromatic heterocycles. The highest BCUT2D eigenvalue weighted by Gasteiger charge is 2.05. The van der Waals surface area contributed by atoms with Gasteiger partial charge in [-0.05, 0) is 78.2 Å². The second kappa shape index (κ2) is 15.1. The number of carbonyl (C=O) groups excluding carboxylic acids is 2. The van der Waals surface area contributed by atoms with Crippen molar-refractivity contribution in [1.82, 2.24) is 0 Å². The van der Waals surface area contributed by atoms with Gasteiger partial charge < -0.3 is 14.2 Å². The Balaban J connectivity index is 1.44. The van der Waals surface area contributed by atoms with Gasteiger partial charge in [-0.3, -0.25) is 4.79 Å². The highest BCUT2D eigenvalue weighted by Crippen LogP contribution is 2.17. The van der Waals surface area contributed by atoms with E-state index in [1.807, 2.05) is 48.5 Å². The first kappa shape index (κ1) is 27.5. The van der Waals surface area contributed by atoms with E-state index in [-0.39, 0.29) is 5.78 Å². The maximum absolute atomic E-state index is 12.4. The average molecular weight is 499 g/mol. The topological polar surface area (TPSA) is 61.8 Å². The molecule has 0 atom stereocenters. The third-order valence-corrected chi connectivity index (χ3v) is 5.71. The van der Waals surface area contributed by atoms with Crippen LogP contribution in [0.2, 0.25) is 0 Å². The number of hydrogen-bond donors (Lipinski definition) is 0. The molecular formula is C32H34O5. The maximum atomic E-state index is 12.4. The molecule has 3 aromatic carbocycles. The van der Waals surface area contributed by atoms with Gasteiger partial charge in [0.2, 0.25) is 0 Å². The van der Waals surface area contributed by atoms with Crippen molar-refractivity contribution in [1.29, 1.82) is 0 Å². The van der Waals surface area contributed by atoms with Gasteiger partial charge in [-0.1, -0.05) is 62.9 Å². The largest absolute Gasteiger partial charge is 0.497 e. The molecule has 0 fully saturated rings. The molecule has 0 spiro atoms. The van der Waals surface area contributed by atoms with Crippen molar-refractivity contribution >= 4 is 23.9 Å². The van der Waals surface area contributed by atoms with Gasteiger partial charge in [-0.15, -0.1) is 0 Å². The molecule has 0 amide bonds. The van der Waals surface area contributed by atoms with E-state index in [0.717, 1.165) is 29.0 Å². The highest BCUT2D eigenvalue weighted by atomic mass is 16.5. The quantitative estimate of drug-likeness (QED) is 0.0754. The predicted molar refractivity (Wildman–Crippen MR) is 148 cm³/mol. The van der Waals surface area contributed by atoms with Crippen molar-refractivity contribution in [3.63, 3.8) is 0 Å². The molecule has 37 heavy (non-hydrogen) atoms. The van der Waals surface area contributed by atoms with Gasteiger partial charge in [0.15, 0.2) is 5.78 Å². The van der Waals surface area contributed by atoms with E-state index in [1.54, 1.807) is 43.5 Å². The van der Waals surface area contributed by atoms with Gasteiger partial charge in [-0.25, -0.2) is 4.79 Å². The monoisotopic (exact) mass is 498 g/mol. The van der Waals surface area contributed by atoms with Crippen LogP contribution in [0.4, 0.5) is 0 Å². The molecular weight excluding hydrogens is 464 g/mol. The third-order valence-electron chi connectivity index (χ3n) is 5.71. The van der Waals surface area contributed by atoms with Gasteiger partial charge >= 0.3 is 5.97 Å². The molecule has 0 N–H and O–H groups in total. The minimum atomic E-state index is -0.495. The number of rotatable bonds is 14. The number of methoxy groups -OCH3 is 1. The molecule has 5 nitrogen and oxygen atoms in total. The van der Waals surface area contributed by atoms with Gasteiger partial charge in [0.25, 0.3) is 0 Å². The summed E-state index contributed by atoms with van der Waals surface area (Å²) >= 11 is 0. The fourth-order valence-electron chi connectivity index (χ4n) is 3.56. The summed E-state index contributed by atoms with van der Waals surface area (Å²) in [4.78, 5) is 24.6. The number of unbranched alkanes of at least 4 members (excludes halogenated alkanes) is 4. The fraction of sp³-hybridized carbons (Fsp3) is 0.250. The van der Waals surface area contributed by atoms with Gasteiger partial charge in [0.05, 0.1) is 13.7 Å². The first-order valence-corrected chi connectivity index (χ1v) is 12.7. The van der Waals surface area contributed by atoms with Crippen LogP contribution in [0.3, 0.4) is 0 Å². The summed E-state index contributed by atoms with van der Waals surface area (Å²) in [5.74, 6) is 1.31. The maximum Gasteiger partial charge on any atom is 0.336 e. The molecule has 3 rings (SSSR count). The van der Waals surface area contributed by atoms with Crippen molar-refractivity contribution < 1.29 is 23.8 Å². The first-order chi connectivity index (χ1) is 18.1. The van der Waals surface area contributed by atoms with E-state index in [2.05, 4.69) is 6.92 Å². The van der Waals surface area contributed by atoms with Gasteiger partial charge in [0, 0.05) is 11.6 Å². The molecule has 3 aromatic rings. The Kier molecular flexibility index (Phi) is 11.2. The molecule has 0 saturated heterocycles. The Hall–Kier alpha value is -4.12. The smallest absolute Gasteiger partial charge is 0.336 e. The summed E-state index contributed by atoms with van der Waals surface area (Å²) in [7, 11) is 1.61. The number of carbonyl (C=O) groups is 2. The summed E-state index contributed by atoms with van der Waals surface area (Å²) in [6.07, 6.45) is 12.3. The number of esters is 1. The SMILES string of the molecule is CCCCCCCOc1ccc(/C=C/C(=O)Oc2ccc(C(=O)/C=C/c3ccc(OC)cc3)cc2)cc1. The van der Waals surface area contributed by atoms with Crippen molar-refractivity contribution in [3.05, 3.63) is 102 Å². The standard InChI is InChI=1S/C32H34O5/c1-3-4-5-6-7-24-36-29-18-10-26(11-19-29)13-23-32(34)37-30-20-14-27(15-21-30)31(33)22-12-25-8-16-28(35-2)17-9-25/h8-23H,3-7,24H2,1-2H3/b22-12+,23-13+. The lowest BCUT2D eigenvalue weighted by Crippen LogP contribution is -2.04.